The van der Waals surface area contributed by atoms with E-state index < -0.39 is 0 Å². The summed E-state index contributed by atoms with van der Waals surface area (Å²) in [5.74, 6) is 2.15. The Morgan fingerprint density at radius 2 is 1.93 bits per heavy atom. The number of rotatable bonds is 5. The number of aliphatic hydroxyl groups excluding tert-OH is 1. The van der Waals surface area contributed by atoms with E-state index in [1.807, 2.05) is 6.07 Å². The Bertz CT molecular complexity index is 394. The summed E-state index contributed by atoms with van der Waals surface area (Å²) >= 11 is 0. The molecule has 5 nitrogen and oxygen atoms in total. The van der Waals surface area contributed by atoms with Crippen molar-refractivity contribution in [3.8, 4) is 0 Å². The van der Waals surface area contributed by atoms with E-state index >= 15 is 0 Å². The predicted molar refractivity (Wildman–Crippen MR) is 51.7 cm³/mol. The van der Waals surface area contributed by atoms with Gasteiger partial charge in [0.25, 0.3) is 0 Å². The molecule has 0 aromatic carbocycles. The van der Waals surface area contributed by atoms with E-state index in [2.05, 4.69) is 10.5 Å². The Morgan fingerprint density at radius 1 is 1.13 bits per heavy atom. The Labute approximate surface area is 86.7 Å². The molecule has 0 bridgehead atoms. The van der Waals surface area contributed by atoms with Crippen molar-refractivity contribution in [2.75, 3.05) is 0 Å². The van der Waals surface area contributed by atoms with Crippen molar-refractivity contribution in [1.29, 1.82) is 0 Å². The summed E-state index contributed by atoms with van der Waals surface area (Å²) in [4.78, 5) is 0. The van der Waals surface area contributed by atoms with Gasteiger partial charge in [-0.1, -0.05) is 5.16 Å². The molecule has 0 amide bonds. The summed E-state index contributed by atoms with van der Waals surface area (Å²) in [6.45, 7) is 1.14. The number of hydrogen-bond donors (Lipinski definition) is 2. The van der Waals surface area contributed by atoms with E-state index in [0.717, 1.165) is 11.5 Å². The highest BCUT2D eigenvalue weighted by atomic mass is 16.5. The Morgan fingerprint density at radius 3 is 2.60 bits per heavy atom. The first-order chi connectivity index (χ1) is 7.38. The molecule has 2 aromatic heterocycles. The lowest BCUT2D eigenvalue weighted by atomic mass is 10.4. The van der Waals surface area contributed by atoms with Gasteiger partial charge in [0.1, 0.15) is 23.9 Å². The molecule has 0 saturated carbocycles. The van der Waals surface area contributed by atoms with Crippen LogP contribution in [0.1, 0.15) is 17.3 Å². The zero-order valence-electron chi connectivity index (χ0n) is 8.14. The molecular formula is C10H12N2O3. The third kappa shape index (κ3) is 2.68. The van der Waals surface area contributed by atoms with Gasteiger partial charge in [-0.15, -0.1) is 0 Å². The summed E-state index contributed by atoms with van der Waals surface area (Å²) in [7, 11) is 0. The van der Waals surface area contributed by atoms with Crippen LogP contribution in [0.4, 0.5) is 0 Å². The highest BCUT2D eigenvalue weighted by Crippen LogP contribution is 2.07. The van der Waals surface area contributed by atoms with Crippen molar-refractivity contribution in [1.82, 2.24) is 10.5 Å². The van der Waals surface area contributed by atoms with Gasteiger partial charge in [0.15, 0.2) is 0 Å². The normalized spacial score (nSPS) is 10.7. The van der Waals surface area contributed by atoms with E-state index in [0.29, 0.717) is 18.8 Å². The Hall–Kier alpha value is -1.59. The second-order valence-corrected chi connectivity index (χ2v) is 3.11. The van der Waals surface area contributed by atoms with Crippen LogP contribution in [0.25, 0.3) is 0 Å². The molecule has 0 saturated heterocycles. The minimum Gasteiger partial charge on any atom is -0.462 e. The molecule has 0 radical (unpaired) electrons. The van der Waals surface area contributed by atoms with Crippen molar-refractivity contribution in [3.63, 3.8) is 0 Å². The van der Waals surface area contributed by atoms with E-state index in [4.69, 9.17) is 14.0 Å². The van der Waals surface area contributed by atoms with Crippen LogP contribution in [0.5, 0.6) is 0 Å². The van der Waals surface area contributed by atoms with Crippen LogP contribution in [-0.4, -0.2) is 10.3 Å². The number of nitrogens with one attached hydrogen (secondary N) is 1. The van der Waals surface area contributed by atoms with Crippen molar-refractivity contribution in [2.45, 2.75) is 19.7 Å². The van der Waals surface area contributed by atoms with Crippen LogP contribution < -0.4 is 5.32 Å². The Balaban J connectivity index is 1.78. The minimum atomic E-state index is -0.0674. The van der Waals surface area contributed by atoms with Crippen LogP contribution in [0, 0.1) is 0 Å². The van der Waals surface area contributed by atoms with E-state index in [1.165, 1.54) is 0 Å². The monoisotopic (exact) mass is 208 g/mol. The van der Waals surface area contributed by atoms with Gasteiger partial charge in [-0.05, 0) is 12.1 Å². The fourth-order valence-electron chi connectivity index (χ4n) is 1.24. The molecule has 2 heterocycles. The number of aromatic nitrogens is 1. The molecule has 15 heavy (non-hydrogen) atoms. The first-order valence-electron chi connectivity index (χ1n) is 4.67. The molecular weight excluding hydrogens is 196 g/mol. The van der Waals surface area contributed by atoms with Crippen molar-refractivity contribution >= 4 is 0 Å². The van der Waals surface area contributed by atoms with Crippen LogP contribution in [0.15, 0.2) is 33.3 Å². The first kappa shape index (κ1) is 9.95. The van der Waals surface area contributed by atoms with Crippen molar-refractivity contribution < 1.29 is 14.0 Å². The van der Waals surface area contributed by atoms with Gasteiger partial charge in [0.2, 0.25) is 0 Å². The second-order valence-electron chi connectivity index (χ2n) is 3.11. The lowest BCUT2D eigenvalue weighted by Gasteiger charge is -1.98. The van der Waals surface area contributed by atoms with Crippen LogP contribution >= 0.6 is 0 Å². The maximum Gasteiger partial charge on any atom is 0.150 e. The highest BCUT2D eigenvalue weighted by molar-refractivity contribution is 5.06. The van der Waals surface area contributed by atoms with Crippen LogP contribution in [0.2, 0.25) is 0 Å². The minimum absolute atomic E-state index is 0.0674. The highest BCUT2D eigenvalue weighted by Gasteiger charge is 2.01. The summed E-state index contributed by atoms with van der Waals surface area (Å²) in [5.41, 5.74) is 0. The van der Waals surface area contributed by atoms with Gasteiger partial charge >= 0.3 is 0 Å². The number of nitrogens with zero attached hydrogens (tertiary/aromatic N) is 1. The summed E-state index contributed by atoms with van der Waals surface area (Å²) in [6, 6.07) is 5.39. The van der Waals surface area contributed by atoms with E-state index in [9.17, 15) is 0 Å². The lowest BCUT2D eigenvalue weighted by molar-refractivity contribution is 0.242. The van der Waals surface area contributed by atoms with Gasteiger partial charge in [-0.25, -0.2) is 0 Å². The van der Waals surface area contributed by atoms with Gasteiger partial charge in [0.05, 0.1) is 19.3 Å². The second kappa shape index (κ2) is 4.77. The third-order valence-corrected chi connectivity index (χ3v) is 1.96. The maximum absolute atomic E-state index is 8.79. The molecule has 2 rings (SSSR count). The average Bonchev–Trinajstić information content (AvgIpc) is 2.88. The summed E-state index contributed by atoms with van der Waals surface area (Å²) < 4.78 is 10.2. The molecule has 0 aliphatic carbocycles. The first-order valence-corrected chi connectivity index (χ1v) is 4.67. The van der Waals surface area contributed by atoms with Crippen LogP contribution in [-0.2, 0) is 19.7 Å². The number of furan rings is 1. The average molecular weight is 208 g/mol. The third-order valence-electron chi connectivity index (χ3n) is 1.96. The quantitative estimate of drug-likeness (QED) is 0.768. The predicted octanol–water partition coefficient (Wildman–Crippen LogP) is 1.05. The molecule has 0 atom stereocenters. The Kier molecular flexibility index (Phi) is 3.16. The fraction of sp³-hybridized carbons (Fsp3) is 0.300. The van der Waals surface area contributed by atoms with Crippen molar-refractivity contribution in [3.05, 3.63) is 41.7 Å². The van der Waals surface area contributed by atoms with Crippen LogP contribution in [0.3, 0.4) is 0 Å². The lowest BCUT2D eigenvalue weighted by Crippen LogP contribution is -2.11. The number of hydrogen-bond acceptors (Lipinski definition) is 5. The molecule has 0 fully saturated rings. The van der Waals surface area contributed by atoms with Gasteiger partial charge in [-0.3, -0.25) is 0 Å². The topological polar surface area (TPSA) is 71.4 Å². The molecule has 0 aliphatic rings. The smallest absolute Gasteiger partial charge is 0.150 e. The van der Waals surface area contributed by atoms with Gasteiger partial charge < -0.3 is 19.4 Å². The molecule has 0 unspecified atom stereocenters. The molecule has 0 aliphatic heterocycles. The van der Waals surface area contributed by atoms with Gasteiger partial charge in [-0.2, -0.15) is 0 Å². The zero-order chi connectivity index (χ0) is 10.5. The van der Waals surface area contributed by atoms with E-state index in [-0.39, 0.29) is 6.61 Å². The largest absolute Gasteiger partial charge is 0.462 e. The molecule has 2 N–H and O–H groups in total. The standard InChI is InChI=1S/C10H12N2O3/c13-7-10-2-1-8(14-10)5-11-6-9-3-4-12-15-9/h1-4,11,13H,5-7H2. The maximum atomic E-state index is 8.79. The number of aliphatic hydroxyl groups is 1. The summed E-state index contributed by atoms with van der Waals surface area (Å²) in [5, 5.41) is 15.5. The van der Waals surface area contributed by atoms with Gasteiger partial charge in [0, 0.05) is 6.07 Å². The SMILES string of the molecule is OCc1ccc(CNCc2ccno2)o1. The molecule has 80 valence electrons. The molecule has 0 spiro atoms. The van der Waals surface area contributed by atoms with E-state index in [1.54, 1.807) is 18.3 Å². The zero-order valence-corrected chi connectivity index (χ0v) is 8.14. The molecule has 5 heteroatoms. The fourth-order valence-corrected chi connectivity index (χ4v) is 1.24. The summed E-state index contributed by atoms with van der Waals surface area (Å²) in [6.07, 6.45) is 1.60. The van der Waals surface area contributed by atoms with Crippen molar-refractivity contribution in [2.24, 2.45) is 0 Å². The molecule has 2 aromatic rings.